The van der Waals surface area contributed by atoms with Crippen LogP contribution in [0.4, 0.5) is 0 Å². The lowest BCUT2D eigenvalue weighted by Gasteiger charge is -2.64. The third-order valence-corrected chi connectivity index (χ3v) is 32.9. The van der Waals surface area contributed by atoms with E-state index < -0.39 is 72.8 Å². The van der Waals surface area contributed by atoms with Crippen LogP contribution in [0.1, 0.15) is 213 Å². The molecule has 92 heavy (non-hydrogen) atoms. The predicted molar refractivity (Wildman–Crippen MR) is 348 cm³/mol. The van der Waals surface area contributed by atoms with Crippen molar-refractivity contribution in [2.45, 2.75) is 303 Å². The molecule has 4 spiro atoms. The average molecular weight is 1300 g/mol. The van der Waals surface area contributed by atoms with Gasteiger partial charge in [-0.3, -0.25) is 9.80 Å². The molecule has 28 atom stereocenters. The number of aliphatic hydroxyl groups excluding tert-OH is 3. The van der Waals surface area contributed by atoms with Gasteiger partial charge >= 0.3 is 0 Å². The van der Waals surface area contributed by atoms with Gasteiger partial charge in [-0.15, -0.1) is 0 Å². The van der Waals surface area contributed by atoms with Crippen molar-refractivity contribution in [3.63, 3.8) is 0 Å². The first-order valence-electron chi connectivity index (χ1n) is 39.8. The van der Waals surface area contributed by atoms with Crippen molar-refractivity contribution in [1.82, 2.24) is 9.80 Å². The van der Waals surface area contributed by atoms with Crippen molar-refractivity contribution in [3.8, 4) is 0 Å². The Labute approximate surface area is 560 Å². The monoisotopic (exact) mass is 1300 g/mol. The molecule has 16 aliphatic rings. The molecule has 6 heterocycles. The van der Waals surface area contributed by atoms with Crippen LogP contribution in [-0.2, 0) is 42.6 Å². The highest BCUT2D eigenvalue weighted by Crippen LogP contribution is 2.91. The molecule has 16 nitrogen and oxygen atoms in total. The Kier molecular flexibility index (Phi) is 14.9. The number of hydrogen-bond donors (Lipinski definition) is 5. The lowest BCUT2D eigenvalue weighted by molar-refractivity contribution is -0.256. The van der Waals surface area contributed by atoms with E-state index in [1.54, 1.807) is 13.8 Å². The number of nitrogens with zero attached hydrogens (tertiary/aromatic N) is 2. The largest absolute Gasteiger partial charge is 0.390 e. The third kappa shape index (κ3) is 9.27. The third-order valence-electron chi connectivity index (χ3n) is 32.9. The van der Waals surface area contributed by atoms with E-state index in [1.807, 2.05) is 0 Å². The molecule has 0 aromatic carbocycles. The molecule has 0 unspecified atom stereocenters. The number of ether oxygens (including phenoxy) is 9. The van der Waals surface area contributed by atoms with Gasteiger partial charge in [0, 0.05) is 34.6 Å². The zero-order chi connectivity index (χ0) is 69.6. The van der Waals surface area contributed by atoms with Gasteiger partial charge in [0.05, 0.1) is 128 Å². The van der Waals surface area contributed by atoms with Gasteiger partial charge in [-0.05, 0) is 228 Å². The molecule has 524 valence electrons. The number of aliphatic hydroxyl groups is 5. The average Bonchev–Trinajstić information content (AvgIpc) is 1.47. The van der Waals surface area contributed by atoms with Crippen LogP contribution in [0.15, 0.2) is 0 Å². The molecule has 16 heteroatoms. The predicted octanol–water partition coefficient (Wildman–Crippen LogP) is 9.79. The van der Waals surface area contributed by atoms with Gasteiger partial charge in [-0.1, -0.05) is 69.2 Å². The normalized spacial score (nSPS) is 55.1. The maximum absolute atomic E-state index is 12.7. The van der Waals surface area contributed by atoms with Crippen LogP contribution in [0.3, 0.4) is 0 Å². The van der Waals surface area contributed by atoms with Gasteiger partial charge in [-0.2, -0.15) is 0 Å². The molecule has 16 fully saturated rings. The quantitative estimate of drug-likeness (QED) is 0.124. The Morgan fingerprint density at radius 3 is 1.38 bits per heavy atom. The lowest BCUT2D eigenvalue weighted by atomic mass is 9.41. The highest BCUT2D eigenvalue weighted by atomic mass is 16.7. The Morgan fingerprint density at radius 2 is 0.978 bits per heavy atom. The van der Waals surface area contributed by atoms with Crippen molar-refractivity contribution >= 4 is 0 Å². The molecule has 6 aliphatic heterocycles. The maximum atomic E-state index is 12.7. The van der Waals surface area contributed by atoms with E-state index in [0.717, 1.165) is 123 Å². The van der Waals surface area contributed by atoms with Gasteiger partial charge in [0.25, 0.3) is 0 Å². The first-order chi connectivity index (χ1) is 45.1. The first-order valence-corrected chi connectivity index (χ1v) is 37.3. The minimum atomic E-state index is -3.04. The second-order valence-electron chi connectivity index (χ2n) is 37.7. The van der Waals surface area contributed by atoms with Gasteiger partial charge < -0.3 is 68.2 Å². The number of hydrogen-bond acceptors (Lipinski definition) is 16. The summed E-state index contributed by atoms with van der Waals surface area (Å²) in [7, 11) is 0. The van der Waals surface area contributed by atoms with Gasteiger partial charge in [-0.25, -0.2) is 0 Å². The zero-order valence-corrected chi connectivity index (χ0v) is 58.9. The highest BCUT2D eigenvalue weighted by molar-refractivity contribution is 5.35. The minimum absolute atomic E-state index is 0.00150. The molecule has 0 bridgehead atoms. The topological polar surface area (TPSA) is 191 Å². The fraction of sp³-hybridized carbons (Fsp3) is 1.00. The summed E-state index contributed by atoms with van der Waals surface area (Å²) in [5.41, 5.74) is -2.51. The molecule has 0 amide bonds. The second kappa shape index (κ2) is 22.4. The van der Waals surface area contributed by atoms with Crippen LogP contribution in [0.5, 0.6) is 0 Å². The van der Waals surface area contributed by atoms with Crippen LogP contribution >= 0.6 is 0 Å². The summed E-state index contributed by atoms with van der Waals surface area (Å²) < 4.78 is 95.9. The number of fused-ring (bicyclic) bond motifs is 8. The molecule has 0 radical (unpaired) electrons. The van der Waals surface area contributed by atoms with E-state index in [-0.39, 0.29) is 86.6 Å². The summed E-state index contributed by atoms with van der Waals surface area (Å²) in [5.74, 6) is 2.73. The smallest absolute Gasteiger partial charge is 0.170 e. The van der Waals surface area contributed by atoms with Crippen LogP contribution in [0.2, 0.25) is 0 Å². The van der Waals surface area contributed by atoms with E-state index >= 15 is 0 Å². The zero-order valence-electron chi connectivity index (χ0n) is 63.9. The lowest BCUT2D eigenvalue weighted by Crippen LogP contribution is -2.60. The van der Waals surface area contributed by atoms with E-state index in [0.29, 0.717) is 65.5 Å². The summed E-state index contributed by atoms with van der Waals surface area (Å²) in [6.45, 7) is 32.5. The standard InChI is InChI=1S/C39H65NO7.C37H61NO7/c1-9-44-33(35(5,6)42)25-18-23(2)30-31(46-25)32(41)37(8)27-11-10-26-34(3,4)28(47-29-19-40(16-17-45-29)24-20-43-21-24)12-13-38(26)22-39(27,38)15-14-36(30,37)7;1-21-16-23(30(39)33(4,5)41)44-29-28(21)34(6)12-13-37-20-36(37)11-10-26(45-27-17-38(14-15-43-27)22-18-42-19-22)32(2,3)24(36)8-9-25(37)35(34,7)31(29)40/h23-33,41-42H,9-22H2,1-8H3;21-31,39-41H,8-20H2,1-7H3/t23-,25-,26+,27+,28+,29+,30+,31+,32+,33+,36-,37-,38-,39+;21-,23-,24+,25+,26+,27+,28+,29+,30+,31+,34-,35-,36-,37+/m11/s1/i1D3,9D2;. The van der Waals surface area contributed by atoms with Crippen LogP contribution in [-0.4, -0.2) is 205 Å². The molecule has 10 aliphatic carbocycles. The summed E-state index contributed by atoms with van der Waals surface area (Å²) in [5, 5.41) is 58.0. The molecular formula is C76H126N2O14. The number of rotatable bonds is 12. The van der Waals surface area contributed by atoms with Crippen LogP contribution in [0, 0.1) is 101 Å². The Balaban J connectivity index is 0.000000160. The van der Waals surface area contributed by atoms with E-state index in [1.165, 1.54) is 46.0 Å². The molecule has 5 N–H and O–H groups in total. The van der Waals surface area contributed by atoms with E-state index in [9.17, 15) is 25.5 Å². The summed E-state index contributed by atoms with van der Waals surface area (Å²) in [4.78, 5) is 4.97. The summed E-state index contributed by atoms with van der Waals surface area (Å²) in [6.07, 6.45) is 11.7. The molecular weight excluding hydrogens is 1160 g/mol. The van der Waals surface area contributed by atoms with Crippen molar-refractivity contribution < 1.29 is 75.0 Å². The van der Waals surface area contributed by atoms with Crippen molar-refractivity contribution in [1.29, 1.82) is 0 Å². The van der Waals surface area contributed by atoms with Crippen LogP contribution in [0.25, 0.3) is 0 Å². The maximum Gasteiger partial charge on any atom is 0.170 e. The Hall–Kier alpha value is -0.640. The molecule has 0 aromatic heterocycles. The second-order valence-corrected chi connectivity index (χ2v) is 37.7. The van der Waals surface area contributed by atoms with E-state index in [2.05, 4.69) is 79.0 Å². The minimum Gasteiger partial charge on any atom is -0.390 e. The molecule has 6 saturated heterocycles. The first kappa shape index (κ1) is 61.2. The van der Waals surface area contributed by atoms with Gasteiger partial charge in [0.1, 0.15) is 12.2 Å². The fourth-order valence-electron chi connectivity index (χ4n) is 28.0. The summed E-state index contributed by atoms with van der Waals surface area (Å²) >= 11 is 0. The van der Waals surface area contributed by atoms with Crippen molar-refractivity contribution in [2.24, 2.45) is 101 Å². The van der Waals surface area contributed by atoms with Crippen LogP contribution < -0.4 is 0 Å². The SMILES string of the molecule is C[C@@H]1C[C@H]([C@H](O)C(C)(C)O)O[C@H]2[C@H]1[C@@]1(C)CC[C@@]34C[C@@]35CC[C@H](O[C@H]3CN(C6COC6)CCO3)C(C)(C)[C@@H]5CC[C@H]4[C@]1(C)[C@H]2O.[2H]C([2H])([2H])C([2H])([2H])O[C@@H]([C@H]1C[C@@H](C)[C@H]2[C@H](O1)[C@H](O)[C@@]1(C)[C@@H]3CC[C@H]4C(C)(C)[C@@H](O[C@H]5CN(C6COC6)CCO5)CC[C@@]45C[C@@]35CC[C@]21C)C(C)(C)O. The van der Waals surface area contributed by atoms with Crippen molar-refractivity contribution in [2.75, 3.05) is 72.4 Å². The highest BCUT2D eigenvalue weighted by Gasteiger charge is 2.87. The number of morpholine rings is 2. The van der Waals surface area contributed by atoms with Gasteiger partial charge in [0.15, 0.2) is 12.6 Å². The summed E-state index contributed by atoms with van der Waals surface area (Å²) in [6, 6.07) is 0.999. The van der Waals surface area contributed by atoms with E-state index in [4.69, 9.17) is 49.5 Å². The molecule has 0 aromatic rings. The fourth-order valence-corrected chi connectivity index (χ4v) is 28.0. The Morgan fingerprint density at radius 1 is 0.565 bits per heavy atom. The Bertz CT molecular complexity index is 2940. The van der Waals surface area contributed by atoms with Gasteiger partial charge in [0.2, 0.25) is 0 Å². The van der Waals surface area contributed by atoms with Crippen molar-refractivity contribution in [3.05, 3.63) is 0 Å². The molecule has 16 rings (SSSR count). The molecule has 10 saturated carbocycles.